The van der Waals surface area contributed by atoms with Gasteiger partial charge in [-0.2, -0.15) is 0 Å². The number of aromatic hydroxyl groups is 1. The fourth-order valence-electron chi connectivity index (χ4n) is 1.51. The van der Waals surface area contributed by atoms with Crippen molar-refractivity contribution in [3.8, 4) is 5.75 Å². The van der Waals surface area contributed by atoms with Gasteiger partial charge in [-0.3, -0.25) is 4.79 Å². The Morgan fingerprint density at radius 2 is 2.00 bits per heavy atom. The quantitative estimate of drug-likeness (QED) is 0.875. The van der Waals surface area contributed by atoms with Gasteiger partial charge in [0.15, 0.2) is 0 Å². The molecule has 0 saturated carbocycles. The van der Waals surface area contributed by atoms with E-state index in [4.69, 9.17) is 0 Å². The number of hydrogen-bond acceptors (Lipinski definition) is 2. The Kier molecular flexibility index (Phi) is 3.81. The second-order valence-electron chi connectivity index (χ2n) is 5.05. The average Bonchev–Trinajstić information content (AvgIpc) is 2.30. The molecule has 1 rings (SSSR count). The molecule has 1 N–H and O–H groups in total. The standard InChI is InChI=1S/C14H21NO2/c1-6-14(3,4)15(5)13(17)11-9-10(2)7-8-12(11)16/h7-9,16H,6H2,1-5H3. The Bertz CT molecular complexity index is 424. The van der Waals surface area contributed by atoms with E-state index in [0.29, 0.717) is 5.56 Å². The van der Waals surface area contributed by atoms with E-state index in [0.717, 1.165) is 12.0 Å². The number of nitrogens with zero attached hydrogens (tertiary/aromatic N) is 1. The smallest absolute Gasteiger partial charge is 0.257 e. The summed E-state index contributed by atoms with van der Waals surface area (Å²) in [6, 6.07) is 5.08. The first kappa shape index (κ1) is 13.6. The molecule has 0 unspecified atom stereocenters. The third kappa shape index (κ3) is 2.78. The summed E-state index contributed by atoms with van der Waals surface area (Å²) in [4.78, 5) is 14.0. The van der Waals surface area contributed by atoms with E-state index >= 15 is 0 Å². The van der Waals surface area contributed by atoms with Crippen molar-refractivity contribution in [2.45, 2.75) is 39.7 Å². The van der Waals surface area contributed by atoms with E-state index in [-0.39, 0.29) is 17.2 Å². The van der Waals surface area contributed by atoms with Gasteiger partial charge < -0.3 is 10.0 Å². The van der Waals surface area contributed by atoms with E-state index in [9.17, 15) is 9.90 Å². The van der Waals surface area contributed by atoms with Crippen LogP contribution in [0.3, 0.4) is 0 Å². The number of rotatable bonds is 3. The highest BCUT2D eigenvalue weighted by molar-refractivity contribution is 5.97. The summed E-state index contributed by atoms with van der Waals surface area (Å²) in [7, 11) is 1.77. The molecular weight excluding hydrogens is 214 g/mol. The van der Waals surface area contributed by atoms with Crippen molar-refractivity contribution in [3.05, 3.63) is 29.3 Å². The summed E-state index contributed by atoms with van der Waals surface area (Å²) >= 11 is 0. The minimum atomic E-state index is -0.215. The molecule has 0 saturated heterocycles. The molecule has 3 heteroatoms. The molecule has 0 atom stereocenters. The molecule has 0 fully saturated rings. The molecule has 1 amide bonds. The van der Waals surface area contributed by atoms with Crippen LogP contribution in [0.5, 0.6) is 5.75 Å². The molecule has 0 aromatic heterocycles. The van der Waals surface area contributed by atoms with Crippen LogP contribution in [-0.4, -0.2) is 28.5 Å². The van der Waals surface area contributed by atoms with Crippen LogP contribution < -0.4 is 0 Å². The lowest BCUT2D eigenvalue weighted by atomic mass is 9.98. The van der Waals surface area contributed by atoms with Gasteiger partial charge >= 0.3 is 0 Å². The van der Waals surface area contributed by atoms with Gasteiger partial charge in [-0.25, -0.2) is 0 Å². The maximum atomic E-state index is 12.3. The summed E-state index contributed by atoms with van der Waals surface area (Å²) in [5.41, 5.74) is 1.12. The van der Waals surface area contributed by atoms with E-state index in [1.807, 2.05) is 27.7 Å². The van der Waals surface area contributed by atoms with Gasteiger partial charge in [-0.15, -0.1) is 0 Å². The zero-order valence-corrected chi connectivity index (χ0v) is 11.2. The van der Waals surface area contributed by atoms with Crippen LogP contribution in [0.25, 0.3) is 0 Å². The first-order valence-corrected chi connectivity index (χ1v) is 5.87. The van der Waals surface area contributed by atoms with Crippen LogP contribution in [0.2, 0.25) is 0 Å². The number of phenolic OH excluding ortho intramolecular Hbond substituents is 1. The van der Waals surface area contributed by atoms with Gasteiger partial charge in [0.25, 0.3) is 5.91 Å². The number of carbonyl (C=O) groups excluding carboxylic acids is 1. The number of benzene rings is 1. The average molecular weight is 235 g/mol. The Morgan fingerprint density at radius 3 is 2.53 bits per heavy atom. The second kappa shape index (κ2) is 4.78. The first-order valence-electron chi connectivity index (χ1n) is 5.87. The molecule has 0 radical (unpaired) electrons. The fourth-order valence-corrected chi connectivity index (χ4v) is 1.51. The van der Waals surface area contributed by atoms with Crippen molar-refractivity contribution in [2.24, 2.45) is 0 Å². The van der Waals surface area contributed by atoms with Crippen molar-refractivity contribution in [2.75, 3.05) is 7.05 Å². The third-order valence-electron chi connectivity index (χ3n) is 3.46. The number of aryl methyl sites for hydroxylation is 1. The molecule has 0 aliphatic carbocycles. The Morgan fingerprint density at radius 1 is 1.41 bits per heavy atom. The largest absolute Gasteiger partial charge is 0.507 e. The molecular formula is C14H21NO2. The van der Waals surface area contributed by atoms with Crippen LogP contribution >= 0.6 is 0 Å². The van der Waals surface area contributed by atoms with Crippen LogP contribution in [0.1, 0.15) is 43.1 Å². The summed E-state index contributed by atoms with van der Waals surface area (Å²) in [6.45, 7) is 7.97. The molecule has 0 aliphatic heterocycles. The van der Waals surface area contributed by atoms with Gasteiger partial charge in [0.1, 0.15) is 5.75 Å². The van der Waals surface area contributed by atoms with Crippen molar-refractivity contribution in [1.29, 1.82) is 0 Å². The molecule has 1 aromatic rings. The van der Waals surface area contributed by atoms with Crippen LogP contribution in [-0.2, 0) is 0 Å². The lowest BCUT2D eigenvalue weighted by Gasteiger charge is -2.35. The fraction of sp³-hybridized carbons (Fsp3) is 0.500. The predicted octanol–water partition coefficient (Wildman–Crippen LogP) is 2.96. The summed E-state index contributed by atoms with van der Waals surface area (Å²) in [5.74, 6) is -0.0996. The number of hydrogen-bond donors (Lipinski definition) is 1. The van der Waals surface area contributed by atoms with E-state index in [1.54, 1.807) is 30.1 Å². The topological polar surface area (TPSA) is 40.5 Å². The van der Waals surface area contributed by atoms with Crippen molar-refractivity contribution >= 4 is 5.91 Å². The van der Waals surface area contributed by atoms with E-state index in [2.05, 4.69) is 0 Å². The summed E-state index contributed by atoms with van der Waals surface area (Å²) < 4.78 is 0. The van der Waals surface area contributed by atoms with E-state index in [1.165, 1.54) is 0 Å². The number of phenols is 1. The molecule has 0 spiro atoms. The normalized spacial score (nSPS) is 11.4. The van der Waals surface area contributed by atoms with Gasteiger partial charge in [-0.05, 0) is 39.3 Å². The van der Waals surface area contributed by atoms with Crippen molar-refractivity contribution < 1.29 is 9.90 Å². The van der Waals surface area contributed by atoms with Crippen LogP contribution in [0.15, 0.2) is 18.2 Å². The van der Waals surface area contributed by atoms with Crippen molar-refractivity contribution in [3.63, 3.8) is 0 Å². The van der Waals surface area contributed by atoms with Gasteiger partial charge in [0, 0.05) is 12.6 Å². The lowest BCUT2D eigenvalue weighted by molar-refractivity contribution is 0.0617. The lowest BCUT2D eigenvalue weighted by Crippen LogP contribution is -2.44. The Balaban J connectivity index is 3.08. The van der Waals surface area contributed by atoms with Crippen LogP contribution in [0, 0.1) is 6.92 Å². The minimum absolute atomic E-state index is 0.0411. The predicted molar refractivity (Wildman–Crippen MR) is 69.3 cm³/mol. The molecule has 17 heavy (non-hydrogen) atoms. The summed E-state index contributed by atoms with van der Waals surface area (Å²) in [5, 5.41) is 9.75. The third-order valence-corrected chi connectivity index (χ3v) is 3.46. The first-order chi connectivity index (χ1) is 7.79. The molecule has 0 bridgehead atoms. The van der Waals surface area contributed by atoms with Crippen LogP contribution in [0.4, 0.5) is 0 Å². The zero-order chi connectivity index (χ0) is 13.2. The molecule has 1 aromatic carbocycles. The highest BCUT2D eigenvalue weighted by atomic mass is 16.3. The van der Waals surface area contributed by atoms with Gasteiger partial charge in [0.05, 0.1) is 5.56 Å². The molecule has 0 aliphatic rings. The highest BCUT2D eigenvalue weighted by Crippen LogP contribution is 2.24. The highest BCUT2D eigenvalue weighted by Gasteiger charge is 2.27. The van der Waals surface area contributed by atoms with Crippen molar-refractivity contribution in [1.82, 2.24) is 4.90 Å². The Hall–Kier alpha value is -1.51. The monoisotopic (exact) mass is 235 g/mol. The minimum Gasteiger partial charge on any atom is -0.507 e. The molecule has 94 valence electrons. The maximum Gasteiger partial charge on any atom is 0.257 e. The second-order valence-corrected chi connectivity index (χ2v) is 5.05. The maximum absolute atomic E-state index is 12.3. The zero-order valence-electron chi connectivity index (χ0n) is 11.2. The van der Waals surface area contributed by atoms with Gasteiger partial charge in [-0.1, -0.05) is 18.6 Å². The Labute approximate surface area is 103 Å². The number of amides is 1. The SMILES string of the molecule is CCC(C)(C)N(C)C(=O)c1cc(C)ccc1O. The number of carbonyl (C=O) groups is 1. The molecule has 3 nitrogen and oxygen atoms in total. The van der Waals surface area contributed by atoms with E-state index < -0.39 is 0 Å². The van der Waals surface area contributed by atoms with Gasteiger partial charge in [0.2, 0.25) is 0 Å². The molecule has 0 heterocycles. The summed E-state index contributed by atoms with van der Waals surface area (Å²) in [6.07, 6.45) is 0.863.